The number of aliphatic imine (C=N–C) groups is 1. The second kappa shape index (κ2) is 3.65. The van der Waals surface area contributed by atoms with E-state index in [1.54, 1.807) is 5.16 Å². The van der Waals surface area contributed by atoms with Crippen LogP contribution in [0.5, 0.6) is 0 Å². The van der Waals surface area contributed by atoms with E-state index >= 15 is 0 Å². The van der Waals surface area contributed by atoms with Crippen molar-refractivity contribution in [1.82, 2.24) is 0 Å². The van der Waals surface area contributed by atoms with E-state index in [0.717, 1.165) is 0 Å². The molecule has 0 bridgehead atoms. The SMILES string of the molecule is O=C(N=C=S)O[N+](=O)[O-]. The molecule has 9 heavy (non-hydrogen) atoms. The first kappa shape index (κ1) is 7.67. The summed E-state index contributed by atoms with van der Waals surface area (Å²) >= 11 is 3.94. The highest BCUT2D eigenvalue weighted by Crippen LogP contribution is 1.80. The van der Waals surface area contributed by atoms with Crippen molar-refractivity contribution < 1.29 is 14.7 Å². The molecule has 0 unspecified atom stereocenters. The first-order chi connectivity index (χ1) is 4.16. The summed E-state index contributed by atoms with van der Waals surface area (Å²) in [4.78, 5) is 25.1. The largest absolute Gasteiger partial charge is 0.430 e. The average Bonchev–Trinajstić information content (AvgIpc) is 1.63. The van der Waals surface area contributed by atoms with E-state index in [4.69, 9.17) is 0 Å². The van der Waals surface area contributed by atoms with Crippen molar-refractivity contribution in [3.63, 3.8) is 0 Å². The number of nitrogens with zero attached hydrogens (tertiary/aromatic N) is 2. The van der Waals surface area contributed by atoms with E-state index < -0.39 is 11.2 Å². The van der Waals surface area contributed by atoms with Gasteiger partial charge in [-0.2, -0.15) is 0 Å². The van der Waals surface area contributed by atoms with Gasteiger partial charge in [-0.05, 0) is 12.2 Å². The molecule has 0 aromatic heterocycles. The van der Waals surface area contributed by atoms with Gasteiger partial charge in [0.15, 0.2) is 0 Å². The normalized spacial score (nSPS) is 7.11. The van der Waals surface area contributed by atoms with Crippen LogP contribution >= 0.6 is 12.2 Å². The zero-order valence-electron chi connectivity index (χ0n) is 3.94. The van der Waals surface area contributed by atoms with Crippen molar-refractivity contribution in [3.05, 3.63) is 10.1 Å². The van der Waals surface area contributed by atoms with Crippen molar-refractivity contribution in [2.24, 2.45) is 4.99 Å². The first-order valence-corrected chi connectivity index (χ1v) is 2.02. The zero-order chi connectivity index (χ0) is 7.28. The summed E-state index contributed by atoms with van der Waals surface area (Å²) in [6.07, 6.45) is -1.38. The highest BCUT2D eigenvalue weighted by atomic mass is 32.1. The van der Waals surface area contributed by atoms with Crippen LogP contribution in [0.4, 0.5) is 4.79 Å². The summed E-state index contributed by atoms with van der Waals surface area (Å²) in [5.41, 5.74) is 0. The summed E-state index contributed by atoms with van der Waals surface area (Å²) in [5.74, 6) is 0. The van der Waals surface area contributed by atoms with Crippen LogP contribution in [0.25, 0.3) is 0 Å². The highest BCUT2D eigenvalue weighted by molar-refractivity contribution is 7.78. The Morgan fingerprint density at radius 1 is 1.89 bits per heavy atom. The van der Waals surface area contributed by atoms with Gasteiger partial charge in [0, 0.05) is 0 Å². The number of rotatable bonds is 1. The van der Waals surface area contributed by atoms with Crippen LogP contribution in [-0.2, 0) is 4.84 Å². The molecule has 0 fully saturated rings. The standard InChI is InChI=1S/C2N2O4S/c5-2(3-1-9)8-4(6)7. The molecule has 0 aliphatic rings. The maximum absolute atomic E-state index is 9.89. The lowest BCUT2D eigenvalue weighted by atomic mass is 11.2. The predicted molar refractivity (Wildman–Crippen MR) is 28.5 cm³/mol. The molecule has 6 nitrogen and oxygen atoms in total. The zero-order valence-corrected chi connectivity index (χ0v) is 4.75. The lowest BCUT2D eigenvalue weighted by molar-refractivity contribution is -0.726. The molecule has 0 heterocycles. The number of hydrogen-bond donors (Lipinski definition) is 0. The van der Waals surface area contributed by atoms with E-state index in [9.17, 15) is 14.9 Å². The molecule has 0 N–H and O–H groups in total. The molecule has 7 heteroatoms. The first-order valence-electron chi connectivity index (χ1n) is 1.61. The lowest BCUT2D eigenvalue weighted by Gasteiger charge is -1.82. The van der Waals surface area contributed by atoms with Gasteiger partial charge in [-0.1, -0.05) is 0 Å². The second-order valence-corrected chi connectivity index (χ2v) is 0.966. The Morgan fingerprint density at radius 3 is 2.78 bits per heavy atom. The van der Waals surface area contributed by atoms with Gasteiger partial charge < -0.3 is 0 Å². The number of isothiocyanates is 1. The fourth-order valence-corrected chi connectivity index (χ4v) is 0.196. The number of hydrogen-bond acceptors (Lipinski definition) is 5. The van der Waals surface area contributed by atoms with Crippen LogP contribution in [0, 0.1) is 10.1 Å². The van der Waals surface area contributed by atoms with Gasteiger partial charge in [0.05, 0.1) is 5.16 Å². The topological polar surface area (TPSA) is 81.8 Å². The van der Waals surface area contributed by atoms with Crippen molar-refractivity contribution in [2.75, 3.05) is 0 Å². The fraction of sp³-hybridized carbons (Fsp3) is 0. The molecular formula is C2N2O4S. The quantitative estimate of drug-likeness (QED) is 0.233. The molecule has 0 aromatic rings. The van der Waals surface area contributed by atoms with Gasteiger partial charge in [-0.3, -0.25) is 0 Å². The Labute approximate surface area is 54.2 Å². The summed E-state index contributed by atoms with van der Waals surface area (Å²) < 4.78 is 0. The maximum atomic E-state index is 9.89. The number of amides is 1. The third-order valence-electron chi connectivity index (χ3n) is 0.290. The molecule has 0 saturated carbocycles. The molecule has 1 amide bonds. The molecule has 48 valence electrons. The van der Waals surface area contributed by atoms with Crippen LogP contribution in [-0.4, -0.2) is 16.3 Å². The Kier molecular flexibility index (Phi) is 3.11. The molecule has 0 aliphatic carbocycles. The fourth-order valence-electron chi connectivity index (χ4n) is 0.121. The van der Waals surface area contributed by atoms with Crippen LogP contribution in [0.2, 0.25) is 0 Å². The highest BCUT2D eigenvalue weighted by Gasteiger charge is 2.02. The van der Waals surface area contributed by atoms with Crippen molar-refractivity contribution in [3.8, 4) is 0 Å². The third-order valence-corrected chi connectivity index (χ3v) is 0.381. The van der Waals surface area contributed by atoms with E-state index in [-0.39, 0.29) is 0 Å². The number of carbonyl (C=O) groups excluding carboxylic acids is 1. The monoisotopic (exact) mass is 148 g/mol. The van der Waals surface area contributed by atoms with Crippen LogP contribution in [0.15, 0.2) is 4.99 Å². The minimum Gasteiger partial charge on any atom is -0.239 e. The Hall–Kier alpha value is -1.33. The number of carbonyl (C=O) groups is 1. The van der Waals surface area contributed by atoms with Gasteiger partial charge in [0.25, 0.3) is 0 Å². The molecule has 0 atom stereocenters. The van der Waals surface area contributed by atoms with Crippen molar-refractivity contribution in [2.45, 2.75) is 0 Å². The molecular weight excluding hydrogens is 148 g/mol. The predicted octanol–water partition coefficient (Wildman–Crippen LogP) is 0.417. The Balaban J connectivity index is 3.78. The Morgan fingerprint density at radius 2 is 2.44 bits per heavy atom. The summed E-state index contributed by atoms with van der Waals surface area (Å²) in [6, 6.07) is 0. The average molecular weight is 148 g/mol. The summed E-state index contributed by atoms with van der Waals surface area (Å²) in [6.45, 7) is 0. The molecule has 0 spiro atoms. The molecule has 0 aliphatic heterocycles. The van der Waals surface area contributed by atoms with Crippen molar-refractivity contribution >= 4 is 23.5 Å². The lowest BCUT2D eigenvalue weighted by Crippen LogP contribution is -2.04. The smallest absolute Gasteiger partial charge is 0.239 e. The van der Waals surface area contributed by atoms with Gasteiger partial charge in [0.1, 0.15) is 0 Å². The van der Waals surface area contributed by atoms with Gasteiger partial charge >= 0.3 is 11.2 Å². The minimum atomic E-state index is -1.38. The Bertz CT molecular complexity index is 183. The molecule has 0 rings (SSSR count). The van der Waals surface area contributed by atoms with E-state index in [1.807, 2.05) is 0 Å². The van der Waals surface area contributed by atoms with Gasteiger partial charge in [0.2, 0.25) is 0 Å². The summed E-state index contributed by atoms with van der Waals surface area (Å²) in [7, 11) is 0. The third kappa shape index (κ3) is 4.52. The maximum Gasteiger partial charge on any atom is 0.430 e. The number of thiocarbonyl (C=S) groups is 1. The van der Waals surface area contributed by atoms with Crippen molar-refractivity contribution in [1.29, 1.82) is 0 Å². The molecule has 0 radical (unpaired) electrons. The van der Waals surface area contributed by atoms with Crippen LogP contribution in [0.1, 0.15) is 0 Å². The molecule has 0 aromatic carbocycles. The van der Waals surface area contributed by atoms with Crippen LogP contribution < -0.4 is 0 Å². The summed E-state index contributed by atoms with van der Waals surface area (Å²) in [5, 5.41) is 9.65. The molecule has 0 saturated heterocycles. The van der Waals surface area contributed by atoms with Crippen LogP contribution in [0.3, 0.4) is 0 Å². The van der Waals surface area contributed by atoms with Gasteiger partial charge in [-0.25, -0.2) is 9.63 Å². The minimum absolute atomic E-state index is 1.28. The second-order valence-electron chi connectivity index (χ2n) is 0.784. The van der Waals surface area contributed by atoms with E-state index in [2.05, 4.69) is 22.0 Å². The van der Waals surface area contributed by atoms with E-state index in [0.29, 0.717) is 0 Å². The van der Waals surface area contributed by atoms with E-state index in [1.165, 1.54) is 0 Å². The van der Waals surface area contributed by atoms with Gasteiger partial charge in [-0.15, -0.1) is 15.1 Å².